The predicted octanol–water partition coefficient (Wildman–Crippen LogP) is 5.32. The highest BCUT2D eigenvalue weighted by atomic mass is 35.5. The lowest BCUT2D eigenvalue weighted by molar-refractivity contribution is 0.0966. The number of benzene rings is 3. The summed E-state index contributed by atoms with van der Waals surface area (Å²) in [5, 5.41) is 3.58. The fraction of sp³-hybridized carbons (Fsp3) is 0.0833. The van der Waals surface area contributed by atoms with E-state index in [-0.39, 0.29) is 5.91 Å². The molecule has 0 saturated heterocycles. The molecule has 1 aromatic heterocycles. The molecule has 0 aliphatic carbocycles. The van der Waals surface area contributed by atoms with E-state index in [1.165, 1.54) is 0 Å². The van der Waals surface area contributed by atoms with Gasteiger partial charge in [-0.2, -0.15) is 0 Å². The van der Waals surface area contributed by atoms with Crippen LogP contribution in [0.25, 0.3) is 33.9 Å². The third-order valence-corrected chi connectivity index (χ3v) is 5.56. The van der Waals surface area contributed by atoms with Crippen LogP contribution in [0.4, 0.5) is 0 Å². The van der Waals surface area contributed by atoms with Crippen LogP contribution < -0.4 is 5.32 Å². The number of imidazole rings is 1. The molecule has 0 unspecified atom stereocenters. The molecular weight excluding hydrogens is 382 g/mol. The average molecular weight is 400 g/mol. The van der Waals surface area contributed by atoms with Gasteiger partial charge in [0.25, 0.3) is 5.91 Å². The largest absolute Gasteiger partial charge is 0.348 e. The van der Waals surface area contributed by atoms with Crippen LogP contribution in [-0.4, -0.2) is 15.5 Å². The molecule has 5 rings (SSSR count). The van der Waals surface area contributed by atoms with Crippen molar-refractivity contribution in [1.29, 1.82) is 0 Å². The van der Waals surface area contributed by atoms with Crippen molar-refractivity contribution in [3.63, 3.8) is 0 Å². The first-order valence-corrected chi connectivity index (χ1v) is 9.79. The molecule has 0 atom stereocenters. The summed E-state index contributed by atoms with van der Waals surface area (Å²) in [6, 6.07) is 23.9. The van der Waals surface area contributed by atoms with E-state index >= 15 is 0 Å². The van der Waals surface area contributed by atoms with Crippen LogP contribution in [0.3, 0.4) is 0 Å². The number of aromatic nitrogens is 2. The second kappa shape index (κ2) is 6.90. The maximum absolute atomic E-state index is 11.9. The van der Waals surface area contributed by atoms with Gasteiger partial charge in [0.2, 0.25) is 0 Å². The fourth-order valence-corrected chi connectivity index (χ4v) is 3.99. The molecular formula is C24H18ClN3O. The number of fused-ring (bicyclic) bond motifs is 1. The monoisotopic (exact) mass is 399 g/mol. The number of rotatable bonds is 3. The van der Waals surface area contributed by atoms with E-state index in [0.717, 1.165) is 45.0 Å². The number of nitrogens with zero attached hydrogens (tertiary/aromatic N) is 2. The molecule has 0 spiro atoms. The molecule has 142 valence electrons. The van der Waals surface area contributed by atoms with E-state index in [1.54, 1.807) is 0 Å². The topological polar surface area (TPSA) is 46.9 Å². The number of hydrogen-bond acceptors (Lipinski definition) is 2. The molecule has 1 aliphatic rings. The minimum Gasteiger partial charge on any atom is -0.348 e. The summed E-state index contributed by atoms with van der Waals surface area (Å²) < 4.78 is 2.11. The maximum atomic E-state index is 11.9. The van der Waals surface area contributed by atoms with Gasteiger partial charge in [-0.05, 0) is 29.8 Å². The Morgan fingerprint density at radius 3 is 2.41 bits per heavy atom. The highest BCUT2D eigenvalue weighted by molar-refractivity contribution is 6.30. The molecule has 0 saturated carbocycles. The Bertz CT molecular complexity index is 1230. The molecule has 0 radical (unpaired) electrons. The summed E-state index contributed by atoms with van der Waals surface area (Å²) in [5.41, 5.74) is 6.77. The minimum absolute atomic E-state index is 0.0155. The smallest absolute Gasteiger partial charge is 0.251 e. The van der Waals surface area contributed by atoms with Crippen molar-refractivity contribution in [2.75, 3.05) is 0 Å². The summed E-state index contributed by atoms with van der Waals surface area (Å²) in [6.07, 6.45) is 0. The van der Waals surface area contributed by atoms with Gasteiger partial charge in [0.05, 0.1) is 11.4 Å². The van der Waals surface area contributed by atoms with Gasteiger partial charge < -0.3 is 9.88 Å². The number of carbonyl (C=O) groups excluding carboxylic acids is 1. The normalized spacial score (nSPS) is 12.7. The zero-order valence-corrected chi connectivity index (χ0v) is 16.6. The Balaban J connectivity index is 1.72. The van der Waals surface area contributed by atoms with Gasteiger partial charge in [-0.1, -0.05) is 60.1 Å². The minimum atomic E-state index is -0.0155. The lowest BCUT2D eigenvalue weighted by atomic mass is 10.0. The van der Waals surface area contributed by atoms with E-state index in [2.05, 4.69) is 28.1 Å². The van der Waals surface area contributed by atoms with Crippen molar-refractivity contribution in [2.24, 2.45) is 7.05 Å². The van der Waals surface area contributed by atoms with Gasteiger partial charge in [-0.3, -0.25) is 4.79 Å². The first-order chi connectivity index (χ1) is 14.1. The molecule has 2 heterocycles. The summed E-state index contributed by atoms with van der Waals surface area (Å²) in [7, 11) is 2.02. The molecule has 0 bridgehead atoms. The van der Waals surface area contributed by atoms with Gasteiger partial charge in [0.1, 0.15) is 5.82 Å². The number of hydrogen-bond donors (Lipinski definition) is 1. The average Bonchev–Trinajstić information content (AvgIpc) is 3.29. The molecule has 1 amide bonds. The molecule has 4 aromatic rings. The fourth-order valence-electron chi connectivity index (χ4n) is 3.86. The molecule has 4 nitrogen and oxygen atoms in total. The lowest BCUT2D eigenvalue weighted by Crippen LogP contribution is -2.12. The summed E-state index contributed by atoms with van der Waals surface area (Å²) in [4.78, 5) is 16.9. The zero-order valence-electron chi connectivity index (χ0n) is 15.8. The third kappa shape index (κ3) is 3.02. The van der Waals surface area contributed by atoms with Gasteiger partial charge in [-0.15, -0.1) is 0 Å². The van der Waals surface area contributed by atoms with Crippen molar-refractivity contribution in [3.8, 4) is 33.9 Å². The number of carbonyl (C=O) groups is 1. The quantitative estimate of drug-likeness (QED) is 0.507. The van der Waals surface area contributed by atoms with Gasteiger partial charge in [0.15, 0.2) is 0 Å². The number of nitrogens with one attached hydrogen (secondary N) is 1. The second-order valence-electron chi connectivity index (χ2n) is 7.12. The van der Waals surface area contributed by atoms with Crippen LogP contribution in [0.5, 0.6) is 0 Å². The van der Waals surface area contributed by atoms with Crippen LogP contribution >= 0.6 is 11.6 Å². The number of amides is 1. The Morgan fingerprint density at radius 1 is 0.931 bits per heavy atom. The Labute approximate surface area is 173 Å². The van der Waals surface area contributed by atoms with Crippen LogP contribution in [0, 0.1) is 0 Å². The molecule has 3 aromatic carbocycles. The molecule has 1 N–H and O–H groups in total. The van der Waals surface area contributed by atoms with Crippen LogP contribution in [-0.2, 0) is 13.6 Å². The SMILES string of the molecule is Cn1c(-c2ccc3c(c2)CNC3=O)nc(-c2ccccc2)c1-c1ccc(Cl)cc1. The summed E-state index contributed by atoms with van der Waals surface area (Å²) in [5.74, 6) is 0.842. The van der Waals surface area contributed by atoms with Gasteiger partial charge in [0, 0.05) is 40.9 Å². The lowest BCUT2D eigenvalue weighted by Gasteiger charge is -2.09. The van der Waals surface area contributed by atoms with E-state index < -0.39 is 0 Å². The molecule has 1 aliphatic heterocycles. The van der Waals surface area contributed by atoms with Crippen molar-refractivity contribution < 1.29 is 4.79 Å². The van der Waals surface area contributed by atoms with Crippen molar-refractivity contribution in [1.82, 2.24) is 14.9 Å². The summed E-state index contributed by atoms with van der Waals surface area (Å²) >= 11 is 6.11. The highest BCUT2D eigenvalue weighted by Gasteiger charge is 2.22. The zero-order chi connectivity index (χ0) is 20.0. The van der Waals surface area contributed by atoms with Crippen molar-refractivity contribution in [3.05, 3.63) is 88.9 Å². The third-order valence-electron chi connectivity index (χ3n) is 5.31. The van der Waals surface area contributed by atoms with E-state index in [1.807, 2.05) is 61.6 Å². The van der Waals surface area contributed by atoms with Crippen LogP contribution in [0.1, 0.15) is 15.9 Å². The Hall–Kier alpha value is -3.37. The Kier molecular flexibility index (Phi) is 4.22. The second-order valence-corrected chi connectivity index (χ2v) is 7.56. The van der Waals surface area contributed by atoms with Crippen LogP contribution in [0.15, 0.2) is 72.8 Å². The van der Waals surface area contributed by atoms with Gasteiger partial charge in [-0.25, -0.2) is 4.98 Å². The Morgan fingerprint density at radius 2 is 1.66 bits per heavy atom. The maximum Gasteiger partial charge on any atom is 0.251 e. The van der Waals surface area contributed by atoms with Crippen molar-refractivity contribution in [2.45, 2.75) is 6.54 Å². The highest BCUT2D eigenvalue weighted by Crippen LogP contribution is 2.36. The predicted molar refractivity (Wildman–Crippen MR) is 116 cm³/mol. The van der Waals surface area contributed by atoms with E-state index in [9.17, 15) is 4.79 Å². The van der Waals surface area contributed by atoms with E-state index in [4.69, 9.17) is 16.6 Å². The number of halogens is 1. The molecule has 5 heteroatoms. The van der Waals surface area contributed by atoms with Gasteiger partial charge >= 0.3 is 0 Å². The standard InChI is InChI=1S/C24H18ClN3O/c1-28-22(16-7-10-19(25)11-8-16)21(15-5-3-2-4-6-15)27-23(28)17-9-12-20-18(13-17)14-26-24(20)29/h2-13H,14H2,1H3,(H,26,29). The van der Waals surface area contributed by atoms with Crippen LogP contribution in [0.2, 0.25) is 5.02 Å². The van der Waals surface area contributed by atoms with Crippen molar-refractivity contribution >= 4 is 17.5 Å². The first-order valence-electron chi connectivity index (χ1n) is 9.41. The molecule has 29 heavy (non-hydrogen) atoms. The van der Waals surface area contributed by atoms with E-state index in [0.29, 0.717) is 11.6 Å². The summed E-state index contributed by atoms with van der Waals surface area (Å²) in [6.45, 7) is 0.558. The first kappa shape index (κ1) is 17.7. The molecule has 0 fully saturated rings.